The molecular weight excluding hydrogens is 467 g/mol. The summed E-state index contributed by atoms with van der Waals surface area (Å²) in [4.78, 5) is 32.7. The van der Waals surface area contributed by atoms with E-state index in [2.05, 4.69) is 15.2 Å². The highest BCUT2D eigenvalue weighted by Gasteiger charge is 2.27. The van der Waals surface area contributed by atoms with E-state index >= 15 is 0 Å². The molecule has 0 saturated carbocycles. The number of nitrogens with one attached hydrogen (secondary N) is 1. The van der Waals surface area contributed by atoms with Crippen LogP contribution in [0.2, 0.25) is 0 Å². The fourth-order valence-electron chi connectivity index (χ4n) is 3.31. The van der Waals surface area contributed by atoms with Gasteiger partial charge in [-0.2, -0.15) is 0 Å². The Morgan fingerprint density at radius 2 is 1.92 bits per heavy atom. The second-order valence-electron chi connectivity index (χ2n) is 8.88. The lowest BCUT2D eigenvalue weighted by atomic mass is 9.92. The van der Waals surface area contributed by atoms with E-state index in [-0.39, 0.29) is 33.9 Å². The van der Waals surface area contributed by atoms with Gasteiger partial charge in [0.15, 0.2) is 5.69 Å². The number of unbranched alkanes of at least 4 members (excludes halogenated alkanes) is 1. The van der Waals surface area contributed by atoms with Gasteiger partial charge in [0.25, 0.3) is 5.91 Å². The maximum Gasteiger partial charge on any atom is 0.437 e. The minimum absolute atomic E-state index is 0.0751. The summed E-state index contributed by atoms with van der Waals surface area (Å²) in [6.07, 6.45) is 0.573. The van der Waals surface area contributed by atoms with Crippen molar-refractivity contribution in [3.05, 3.63) is 52.6 Å². The molecular formula is C26H31FN4O5. The monoisotopic (exact) mass is 498 g/mol. The molecule has 9 nitrogen and oxygen atoms in total. The summed E-state index contributed by atoms with van der Waals surface area (Å²) in [7, 11) is 1.40. The fourth-order valence-corrected chi connectivity index (χ4v) is 3.31. The van der Waals surface area contributed by atoms with E-state index in [0.29, 0.717) is 18.6 Å². The lowest BCUT2D eigenvalue weighted by Crippen LogP contribution is -2.38. The Morgan fingerprint density at radius 1 is 1.22 bits per heavy atom. The zero-order valence-electron chi connectivity index (χ0n) is 21.3. The SMILES string of the molecule is [C-]#[N+]c1c(C)cc(OCCCC)c(C(=O)NC(N)=NC(=O)OC(C)(C)C)c1-c1cc(F)ccc1OC. The number of methoxy groups -OCH3 is 1. The van der Waals surface area contributed by atoms with E-state index in [1.807, 2.05) is 6.92 Å². The average Bonchev–Trinajstić information content (AvgIpc) is 2.77. The molecule has 2 rings (SSSR count). The van der Waals surface area contributed by atoms with Crippen molar-refractivity contribution in [1.82, 2.24) is 5.32 Å². The van der Waals surface area contributed by atoms with Gasteiger partial charge >= 0.3 is 6.09 Å². The molecule has 0 aliphatic carbocycles. The first-order valence-corrected chi connectivity index (χ1v) is 11.3. The molecule has 0 bridgehead atoms. The average molecular weight is 499 g/mol. The van der Waals surface area contributed by atoms with Gasteiger partial charge in [0, 0.05) is 11.1 Å². The van der Waals surface area contributed by atoms with Crippen LogP contribution in [-0.2, 0) is 4.74 Å². The first kappa shape index (κ1) is 28.1. The molecule has 0 unspecified atom stereocenters. The van der Waals surface area contributed by atoms with Crippen LogP contribution >= 0.6 is 0 Å². The molecule has 0 aliphatic rings. The van der Waals surface area contributed by atoms with E-state index in [1.165, 1.54) is 25.3 Å². The number of rotatable bonds is 7. The molecule has 0 aliphatic heterocycles. The van der Waals surface area contributed by atoms with Gasteiger partial charge in [-0.15, -0.1) is 4.99 Å². The Balaban J connectivity index is 2.72. The number of carbonyl (C=O) groups is 2. The number of amides is 2. The van der Waals surface area contributed by atoms with Crippen molar-refractivity contribution in [3.63, 3.8) is 0 Å². The van der Waals surface area contributed by atoms with Crippen LogP contribution in [0.4, 0.5) is 14.9 Å². The maximum absolute atomic E-state index is 14.3. The number of nitrogens with zero attached hydrogens (tertiary/aromatic N) is 2. The number of hydrogen-bond acceptors (Lipinski definition) is 5. The highest BCUT2D eigenvalue weighted by Crippen LogP contribution is 2.45. The lowest BCUT2D eigenvalue weighted by Gasteiger charge is -2.20. The minimum Gasteiger partial charge on any atom is -0.496 e. The largest absolute Gasteiger partial charge is 0.496 e. The van der Waals surface area contributed by atoms with Gasteiger partial charge in [0.1, 0.15) is 22.9 Å². The highest BCUT2D eigenvalue weighted by atomic mass is 19.1. The van der Waals surface area contributed by atoms with Crippen LogP contribution < -0.4 is 20.5 Å². The van der Waals surface area contributed by atoms with Crippen LogP contribution in [-0.4, -0.2) is 37.3 Å². The molecule has 2 amide bonds. The van der Waals surface area contributed by atoms with Gasteiger partial charge < -0.3 is 19.9 Å². The van der Waals surface area contributed by atoms with Crippen molar-refractivity contribution >= 4 is 23.6 Å². The van der Waals surface area contributed by atoms with E-state index < -0.39 is 29.4 Å². The van der Waals surface area contributed by atoms with E-state index in [9.17, 15) is 14.0 Å². The van der Waals surface area contributed by atoms with Gasteiger partial charge in [-0.05, 0) is 63.9 Å². The molecule has 36 heavy (non-hydrogen) atoms. The number of hydrogen-bond donors (Lipinski definition) is 2. The topological polar surface area (TPSA) is 117 Å². The third-order valence-electron chi connectivity index (χ3n) is 4.83. The summed E-state index contributed by atoms with van der Waals surface area (Å²) in [6, 6.07) is 5.35. The fraction of sp³-hybridized carbons (Fsp3) is 0.385. The van der Waals surface area contributed by atoms with E-state index in [4.69, 9.17) is 26.5 Å². The second kappa shape index (κ2) is 12.0. The number of guanidine groups is 1. The Kier molecular flexibility index (Phi) is 9.38. The van der Waals surface area contributed by atoms with Crippen molar-refractivity contribution in [3.8, 4) is 22.6 Å². The maximum atomic E-state index is 14.3. The summed E-state index contributed by atoms with van der Waals surface area (Å²) in [6.45, 7) is 16.7. The number of ether oxygens (including phenoxy) is 3. The van der Waals surface area contributed by atoms with Crippen molar-refractivity contribution in [2.24, 2.45) is 10.7 Å². The number of nitrogens with two attached hydrogens (primary N) is 1. The molecule has 0 saturated heterocycles. The van der Waals surface area contributed by atoms with Crippen molar-refractivity contribution in [1.29, 1.82) is 0 Å². The molecule has 0 atom stereocenters. The van der Waals surface area contributed by atoms with Gasteiger partial charge in [-0.25, -0.2) is 14.0 Å². The van der Waals surface area contributed by atoms with Crippen LogP contribution in [0.1, 0.15) is 56.5 Å². The first-order chi connectivity index (χ1) is 16.9. The molecule has 0 radical (unpaired) electrons. The number of aryl methyl sites for hydroxylation is 1. The number of benzene rings is 2. The zero-order chi connectivity index (χ0) is 27.0. The molecule has 0 heterocycles. The Hall–Kier alpha value is -4.13. The van der Waals surface area contributed by atoms with Crippen LogP contribution in [0.15, 0.2) is 29.3 Å². The highest BCUT2D eigenvalue weighted by molar-refractivity contribution is 6.14. The van der Waals surface area contributed by atoms with Gasteiger partial charge in [-0.1, -0.05) is 13.3 Å². The lowest BCUT2D eigenvalue weighted by molar-refractivity contribution is 0.0604. The summed E-state index contributed by atoms with van der Waals surface area (Å²) in [5, 5.41) is 2.35. The third-order valence-corrected chi connectivity index (χ3v) is 4.83. The Labute approximate surface area is 210 Å². The first-order valence-electron chi connectivity index (χ1n) is 11.3. The molecule has 10 heteroatoms. The van der Waals surface area contributed by atoms with E-state index in [0.717, 1.165) is 6.42 Å². The molecule has 3 N–H and O–H groups in total. The van der Waals surface area contributed by atoms with Gasteiger partial charge in [0.05, 0.1) is 25.9 Å². The normalized spacial score (nSPS) is 11.4. The second-order valence-corrected chi connectivity index (χ2v) is 8.88. The number of halogens is 1. The zero-order valence-corrected chi connectivity index (χ0v) is 21.3. The summed E-state index contributed by atoms with van der Waals surface area (Å²) in [5.41, 5.74) is 5.83. The Morgan fingerprint density at radius 3 is 2.50 bits per heavy atom. The van der Waals surface area contributed by atoms with E-state index in [1.54, 1.807) is 33.8 Å². The van der Waals surface area contributed by atoms with Crippen LogP contribution in [0, 0.1) is 19.3 Å². The molecule has 0 fully saturated rings. The number of aliphatic imine (C=N–C) groups is 1. The van der Waals surface area contributed by atoms with Crippen molar-refractivity contribution in [2.45, 2.75) is 53.1 Å². The minimum atomic E-state index is -0.988. The standard InChI is InChI=1S/C26H31FN4O5/c1-8-9-12-35-19-13-15(2)22(29-6)20(17-14-16(27)10-11-18(17)34-7)21(19)23(32)30-24(28)31-25(33)36-26(3,4)5/h10-11,13-14H,8-9,12H2,1-5,7H3,(H3,28,30,31,32,33). The van der Waals surface area contributed by atoms with Gasteiger partial charge in [0.2, 0.25) is 5.96 Å². The van der Waals surface area contributed by atoms with Crippen LogP contribution in [0.3, 0.4) is 0 Å². The van der Waals surface area contributed by atoms with Crippen molar-refractivity contribution < 1.29 is 28.2 Å². The molecule has 2 aromatic rings. The summed E-state index contributed by atoms with van der Waals surface area (Å²) >= 11 is 0. The van der Waals surface area contributed by atoms with Gasteiger partial charge in [-0.3, -0.25) is 10.1 Å². The third kappa shape index (κ3) is 7.18. The van der Waals surface area contributed by atoms with Crippen LogP contribution in [0.25, 0.3) is 16.0 Å². The molecule has 2 aromatic carbocycles. The molecule has 192 valence electrons. The molecule has 0 spiro atoms. The number of carbonyl (C=O) groups excluding carboxylic acids is 2. The quantitative estimate of drug-likeness (QED) is 0.225. The van der Waals surface area contributed by atoms with Crippen molar-refractivity contribution in [2.75, 3.05) is 13.7 Å². The summed E-state index contributed by atoms with van der Waals surface area (Å²) in [5.74, 6) is -1.50. The predicted molar refractivity (Wildman–Crippen MR) is 135 cm³/mol. The smallest absolute Gasteiger partial charge is 0.437 e. The predicted octanol–water partition coefficient (Wildman–Crippen LogP) is 5.52. The molecule has 0 aromatic heterocycles. The van der Waals surface area contributed by atoms with Crippen LogP contribution in [0.5, 0.6) is 11.5 Å². The summed E-state index contributed by atoms with van der Waals surface area (Å²) < 4.78 is 30.7. The Bertz CT molecular complexity index is 1210.